The number of nitrogens with two attached hydrogens (primary N) is 1. The minimum atomic E-state index is -0.0340. The molecule has 0 radical (unpaired) electrons. The summed E-state index contributed by atoms with van der Waals surface area (Å²) in [5.41, 5.74) is 7.47. The second-order valence-electron chi connectivity index (χ2n) is 5.05. The summed E-state index contributed by atoms with van der Waals surface area (Å²) < 4.78 is 0. The van der Waals surface area contributed by atoms with Crippen LogP contribution in [0.5, 0.6) is 0 Å². The highest BCUT2D eigenvalue weighted by Gasteiger charge is 2.23. The summed E-state index contributed by atoms with van der Waals surface area (Å²) in [4.78, 5) is 20.6. The molecule has 1 aromatic heterocycles. The number of nitrogen functional groups attached to an aromatic ring is 1. The van der Waals surface area contributed by atoms with Crippen LogP contribution in [0.2, 0.25) is 0 Å². The third-order valence-corrected chi connectivity index (χ3v) is 3.76. The lowest BCUT2D eigenvalue weighted by molar-refractivity contribution is 0.0747. The van der Waals surface area contributed by atoms with E-state index in [1.54, 1.807) is 18.3 Å². The van der Waals surface area contributed by atoms with E-state index in [0.29, 0.717) is 24.5 Å². The van der Waals surface area contributed by atoms with Crippen molar-refractivity contribution in [2.24, 2.45) is 0 Å². The lowest BCUT2D eigenvalue weighted by atomic mass is 10.2. The van der Waals surface area contributed by atoms with Gasteiger partial charge in [0.15, 0.2) is 0 Å². The molecule has 0 aliphatic carbocycles. The van der Waals surface area contributed by atoms with Crippen molar-refractivity contribution in [3.05, 3.63) is 54.2 Å². The maximum atomic E-state index is 12.5. The molecule has 1 aliphatic heterocycles. The van der Waals surface area contributed by atoms with Gasteiger partial charge in [-0.3, -0.25) is 4.79 Å². The number of hydrogen-bond donors (Lipinski definition) is 1. The zero-order valence-electron chi connectivity index (χ0n) is 11.8. The van der Waals surface area contributed by atoms with E-state index < -0.39 is 0 Å². The molecule has 5 heteroatoms. The number of pyridine rings is 1. The summed E-state index contributed by atoms with van der Waals surface area (Å²) in [7, 11) is 0. The van der Waals surface area contributed by atoms with E-state index in [1.165, 1.54) is 5.69 Å². The van der Waals surface area contributed by atoms with Crippen LogP contribution in [0.1, 0.15) is 10.4 Å². The van der Waals surface area contributed by atoms with Gasteiger partial charge in [-0.1, -0.05) is 18.2 Å². The van der Waals surface area contributed by atoms with Gasteiger partial charge in [-0.25, -0.2) is 4.98 Å². The van der Waals surface area contributed by atoms with Gasteiger partial charge in [0.2, 0.25) is 0 Å². The maximum Gasteiger partial charge on any atom is 0.257 e. The molecule has 0 saturated carbocycles. The Morgan fingerprint density at radius 1 is 1.00 bits per heavy atom. The third kappa shape index (κ3) is 2.81. The molecule has 1 fully saturated rings. The fourth-order valence-corrected chi connectivity index (χ4v) is 2.58. The van der Waals surface area contributed by atoms with E-state index in [0.717, 1.165) is 13.1 Å². The highest BCUT2D eigenvalue weighted by molar-refractivity contribution is 5.98. The van der Waals surface area contributed by atoms with Crippen molar-refractivity contribution in [3.63, 3.8) is 0 Å². The first kappa shape index (κ1) is 13.4. The van der Waals surface area contributed by atoms with Crippen molar-refractivity contribution >= 4 is 17.4 Å². The van der Waals surface area contributed by atoms with Crippen molar-refractivity contribution in [1.29, 1.82) is 0 Å². The zero-order valence-corrected chi connectivity index (χ0v) is 11.8. The van der Waals surface area contributed by atoms with Gasteiger partial charge in [-0.15, -0.1) is 0 Å². The molecule has 21 heavy (non-hydrogen) atoms. The zero-order chi connectivity index (χ0) is 14.7. The normalized spacial score (nSPS) is 15.0. The van der Waals surface area contributed by atoms with E-state index in [-0.39, 0.29) is 5.91 Å². The molecule has 2 aromatic rings. The molecule has 0 bridgehead atoms. The number of rotatable bonds is 2. The smallest absolute Gasteiger partial charge is 0.257 e. The summed E-state index contributed by atoms with van der Waals surface area (Å²) in [6, 6.07) is 13.7. The molecule has 0 unspecified atom stereocenters. The number of carbonyl (C=O) groups is 1. The standard InChI is InChI=1S/C16H18N4O/c17-15-14(7-4-8-18-15)16(21)20-11-9-19(10-12-20)13-5-2-1-3-6-13/h1-8H,9-12H2,(H2,17,18). The van der Waals surface area contributed by atoms with E-state index >= 15 is 0 Å². The van der Waals surface area contributed by atoms with E-state index in [9.17, 15) is 4.79 Å². The third-order valence-electron chi connectivity index (χ3n) is 3.76. The summed E-state index contributed by atoms with van der Waals surface area (Å²) in [6.45, 7) is 3.05. The van der Waals surface area contributed by atoms with Gasteiger partial charge in [0.1, 0.15) is 5.82 Å². The SMILES string of the molecule is Nc1ncccc1C(=O)N1CCN(c2ccccc2)CC1. The molecule has 1 aromatic carbocycles. The van der Waals surface area contributed by atoms with Crippen LogP contribution in [0.4, 0.5) is 11.5 Å². The van der Waals surface area contributed by atoms with Crippen molar-refractivity contribution in [2.75, 3.05) is 36.8 Å². The summed E-state index contributed by atoms with van der Waals surface area (Å²) >= 11 is 0. The topological polar surface area (TPSA) is 62.5 Å². The first-order valence-corrected chi connectivity index (χ1v) is 7.05. The van der Waals surface area contributed by atoms with E-state index in [2.05, 4.69) is 22.0 Å². The molecule has 5 nitrogen and oxygen atoms in total. The van der Waals surface area contributed by atoms with Gasteiger partial charge in [-0.05, 0) is 24.3 Å². The predicted octanol–water partition coefficient (Wildman–Crippen LogP) is 1.63. The molecular weight excluding hydrogens is 264 g/mol. The number of amides is 1. The van der Waals surface area contributed by atoms with Crippen molar-refractivity contribution in [3.8, 4) is 0 Å². The number of para-hydroxylation sites is 1. The predicted molar refractivity (Wildman–Crippen MR) is 83.2 cm³/mol. The molecule has 1 amide bonds. The Morgan fingerprint density at radius 2 is 1.71 bits per heavy atom. The average Bonchev–Trinajstić information content (AvgIpc) is 2.56. The molecule has 3 rings (SSSR count). The molecule has 1 saturated heterocycles. The summed E-state index contributed by atoms with van der Waals surface area (Å²) in [6.07, 6.45) is 1.60. The number of anilines is 2. The Balaban J connectivity index is 1.66. The second-order valence-corrected chi connectivity index (χ2v) is 5.05. The van der Waals surface area contributed by atoms with Crippen LogP contribution in [0.25, 0.3) is 0 Å². The van der Waals surface area contributed by atoms with Gasteiger partial charge < -0.3 is 15.5 Å². The number of carbonyl (C=O) groups excluding carboxylic acids is 1. The lowest BCUT2D eigenvalue weighted by Crippen LogP contribution is -2.48. The first-order valence-electron chi connectivity index (χ1n) is 7.05. The molecule has 2 N–H and O–H groups in total. The van der Waals surface area contributed by atoms with Crippen molar-refractivity contribution < 1.29 is 4.79 Å². The number of nitrogens with zero attached hydrogens (tertiary/aromatic N) is 3. The van der Waals surface area contributed by atoms with E-state index in [4.69, 9.17) is 5.73 Å². The molecular formula is C16H18N4O. The number of aromatic nitrogens is 1. The highest BCUT2D eigenvalue weighted by Crippen LogP contribution is 2.17. The fraction of sp³-hybridized carbons (Fsp3) is 0.250. The number of piperazine rings is 1. The molecule has 108 valence electrons. The van der Waals surface area contributed by atoms with Gasteiger partial charge in [-0.2, -0.15) is 0 Å². The quantitative estimate of drug-likeness (QED) is 0.909. The Morgan fingerprint density at radius 3 is 2.38 bits per heavy atom. The maximum absolute atomic E-state index is 12.5. The van der Waals surface area contributed by atoms with Crippen molar-refractivity contribution in [1.82, 2.24) is 9.88 Å². The Labute approximate surface area is 124 Å². The minimum absolute atomic E-state index is 0.0340. The Kier molecular flexibility index (Phi) is 3.73. The molecule has 1 aliphatic rings. The van der Waals surface area contributed by atoms with Crippen LogP contribution >= 0.6 is 0 Å². The van der Waals surface area contributed by atoms with Crippen molar-refractivity contribution in [2.45, 2.75) is 0 Å². The minimum Gasteiger partial charge on any atom is -0.383 e. The van der Waals surface area contributed by atoms with Crippen LogP contribution in [-0.2, 0) is 0 Å². The van der Waals surface area contributed by atoms with Gasteiger partial charge in [0, 0.05) is 38.1 Å². The van der Waals surface area contributed by atoms with Crippen LogP contribution in [0, 0.1) is 0 Å². The second kappa shape index (κ2) is 5.83. The van der Waals surface area contributed by atoms with Gasteiger partial charge in [0.25, 0.3) is 5.91 Å². The highest BCUT2D eigenvalue weighted by atomic mass is 16.2. The van der Waals surface area contributed by atoms with Gasteiger partial charge >= 0.3 is 0 Å². The van der Waals surface area contributed by atoms with Crippen LogP contribution in [0.15, 0.2) is 48.7 Å². The first-order chi connectivity index (χ1) is 10.3. The molecule has 2 heterocycles. The summed E-state index contributed by atoms with van der Waals surface area (Å²) in [5, 5.41) is 0. The molecule has 0 spiro atoms. The fourth-order valence-electron chi connectivity index (χ4n) is 2.58. The Hall–Kier alpha value is -2.56. The van der Waals surface area contributed by atoms with Crippen LogP contribution in [0.3, 0.4) is 0 Å². The Bertz CT molecular complexity index is 621. The lowest BCUT2D eigenvalue weighted by Gasteiger charge is -2.36. The average molecular weight is 282 g/mol. The summed E-state index contributed by atoms with van der Waals surface area (Å²) in [5.74, 6) is 0.265. The van der Waals surface area contributed by atoms with E-state index in [1.807, 2.05) is 23.1 Å². The monoisotopic (exact) mass is 282 g/mol. The molecule has 0 atom stereocenters. The van der Waals surface area contributed by atoms with Crippen LogP contribution < -0.4 is 10.6 Å². The largest absolute Gasteiger partial charge is 0.383 e. The van der Waals surface area contributed by atoms with Crippen LogP contribution in [-0.4, -0.2) is 42.0 Å². The van der Waals surface area contributed by atoms with Gasteiger partial charge in [0.05, 0.1) is 5.56 Å². The number of hydrogen-bond acceptors (Lipinski definition) is 4. The number of benzene rings is 1.